The lowest BCUT2D eigenvalue weighted by Gasteiger charge is -2.14. The number of nitrogens with zero attached hydrogens (tertiary/aromatic N) is 1. The Morgan fingerprint density at radius 2 is 1.82 bits per heavy atom. The second-order valence-corrected chi connectivity index (χ2v) is 9.60. The highest BCUT2D eigenvalue weighted by Crippen LogP contribution is 2.32. The molecule has 1 heterocycles. The summed E-state index contributed by atoms with van der Waals surface area (Å²) >= 11 is 6.06. The van der Waals surface area contributed by atoms with E-state index >= 15 is 0 Å². The molecule has 0 atom stereocenters. The van der Waals surface area contributed by atoms with E-state index in [4.69, 9.17) is 25.5 Å². The first-order chi connectivity index (χ1) is 18.1. The number of nitro groups is 1. The predicted molar refractivity (Wildman–Crippen MR) is 146 cm³/mol. The summed E-state index contributed by atoms with van der Waals surface area (Å²) in [6, 6.07) is 18.3. The van der Waals surface area contributed by atoms with Gasteiger partial charge in [-0.1, -0.05) is 37.6 Å². The van der Waals surface area contributed by atoms with Crippen molar-refractivity contribution in [2.24, 2.45) is 0 Å². The fourth-order valence-electron chi connectivity index (χ4n) is 3.80. The van der Waals surface area contributed by atoms with Crippen LogP contribution >= 0.6 is 11.6 Å². The van der Waals surface area contributed by atoms with Crippen molar-refractivity contribution in [2.45, 2.75) is 40.2 Å². The lowest BCUT2D eigenvalue weighted by molar-refractivity contribution is -0.384. The zero-order valence-corrected chi connectivity index (χ0v) is 22.2. The van der Waals surface area contributed by atoms with Crippen LogP contribution < -0.4 is 14.8 Å². The maximum Gasteiger partial charge on any atom is 0.291 e. The minimum atomic E-state index is -0.566. The van der Waals surface area contributed by atoms with Gasteiger partial charge in [-0.3, -0.25) is 14.9 Å². The van der Waals surface area contributed by atoms with Gasteiger partial charge in [0.05, 0.1) is 16.7 Å². The van der Waals surface area contributed by atoms with Crippen molar-refractivity contribution >= 4 is 28.9 Å². The van der Waals surface area contributed by atoms with Gasteiger partial charge in [0.1, 0.15) is 29.6 Å². The van der Waals surface area contributed by atoms with E-state index in [0.717, 1.165) is 22.4 Å². The predicted octanol–water partition coefficient (Wildman–Crippen LogP) is 8.21. The molecule has 196 valence electrons. The third kappa shape index (κ3) is 6.52. The maximum atomic E-state index is 12.9. The fraction of sp³-hybridized carbons (Fsp3) is 0.207. The van der Waals surface area contributed by atoms with Gasteiger partial charge in [0.15, 0.2) is 5.76 Å². The molecule has 0 fully saturated rings. The van der Waals surface area contributed by atoms with Gasteiger partial charge < -0.3 is 19.2 Å². The number of nitrogens with one attached hydrogen (secondary N) is 1. The summed E-state index contributed by atoms with van der Waals surface area (Å²) in [5, 5.41) is 14.7. The summed E-state index contributed by atoms with van der Waals surface area (Å²) in [5.74, 6) is 1.63. The van der Waals surface area contributed by atoms with Gasteiger partial charge in [-0.05, 0) is 72.9 Å². The third-order valence-electron chi connectivity index (χ3n) is 5.77. The highest BCUT2D eigenvalue weighted by Gasteiger charge is 2.17. The first kappa shape index (κ1) is 26.8. The average Bonchev–Trinajstić information content (AvgIpc) is 3.34. The lowest BCUT2D eigenvalue weighted by Crippen LogP contribution is -2.11. The summed E-state index contributed by atoms with van der Waals surface area (Å²) in [6.07, 6.45) is 0. The Balaban J connectivity index is 1.48. The number of rotatable bonds is 9. The number of aryl methyl sites for hydroxylation is 2. The van der Waals surface area contributed by atoms with Crippen molar-refractivity contribution in [1.29, 1.82) is 0 Å². The van der Waals surface area contributed by atoms with Crippen LogP contribution in [0.4, 0.5) is 11.4 Å². The van der Waals surface area contributed by atoms with Gasteiger partial charge in [-0.15, -0.1) is 0 Å². The van der Waals surface area contributed by atoms with Crippen molar-refractivity contribution in [1.82, 2.24) is 0 Å². The Hall–Kier alpha value is -4.30. The molecule has 0 saturated heterocycles. The highest BCUT2D eigenvalue weighted by atomic mass is 35.5. The molecule has 0 unspecified atom stereocenters. The molecule has 4 aromatic rings. The van der Waals surface area contributed by atoms with Crippen molar-refractivity contribution in [3.8, 4) is 17.2 Å². The Morgan fingerprint density at radius 1 is 1.03 bits per heavy atom. The minimum absolute atomic E-state index is 0.0409. The van der Waals surface area contributed by atoms with Gasteiger partial charge in [-0.25, -0.2) is 0 Å². The first-order valence-corrected chi connectivity index (χ1v) is 12.3. The molecule has 0 spiro atoms. The quantitative estimate of drug-likeness (QED) is 0.171. The maximum absolute atomic E-state index is 12.9. The van der Waals surface area contributed by atoms with Gasteiger partial charge in [-0.2, -0.15) is 0 Å². The van der Waals surface area contributed by atoms with Gasteiger partial charge in [0.2, 0.25) is 0 Å². The fourth-order valence-corrected chi connectivity index (χ4v) is 3.92. The monoisotopic (exact) mass is 534 g/mol. The number of nitro benzene ring substituents is 1. The standard InChI is InChI=1S/C29H27ClN2O6/c1-17(2)25-8-5-18(3)11-28(25)36-16-23-7-10-27(38-23)29(33)31-20-13-21(32(34)35)15-24(14-20)37-22-6-9-26(30)19(4)12-22/h5-15,17H,16H2,1-4H3,(H,31,33). The molecule has 0 bridgehead atoms. The van der Waals surface area contributed by atoms with E-state index in [2.05, 4.69) is 19.2 Å². The Kier molecular flexibility index (Phi) is 8.02. The molecular formula is C29H27ClN2O6. The normalized spacial score (nSPS) is 10.9. The largest absolute Gasteiger partial charge is 0.485 e. The number of amides is 1. The number of anilines is 1. The van der Waals surface area contributed by atoms with Crippen LogP contribution in [-0.2, 0) is 6.61 Å². The summed E-state index contributed by atoms with van der Waals surface area (Å²) < 4.78 is 17.5. The van der Waals surface area contributed by atoms with Gasteiger partial charge >= 0.3 is 0 Å². The number of hydrogen-bond donors (Lipinski definition) is 1. The van der Waals surface area contributed by atoms with E-state index in [1.165, 1.54) is 24.3 Å². The number of halogens is 1. The molecule has 0 aliphatic carbocycles. The molecule has 0 aliphatic rings. The average molecular weight is 535 g/mol. The van der Waals surface area contributed by atoms with Crippen molar-refractivity contribution < 1.29 is 23.6 Å². The molecule has 1 aromatic heterocycles. The summed E-state index contributed by atoms with van der Waals surface area (Å²) in [4.78, 5) is 23.8. The number of carbonyl (C=O) groups is 1. The van der Waals surface area contributed by atoms with E-state index in [1.54, 1.807) is 24.3 Å². The summed E-state index contributed by atoms with van der Waals surface area (Å²) in [6.45, 7) is 8.14. The number of benzene rings is 3. The van der Waals surface area contributed by atoms with Crippen LogP contribution in [0.5, 0.6) is 17.2 Å². The molecule has 3 aromatic carbocycles. The Morgan fingerprint density at radius 3 is 2.53 bits per heavy atom. The molecular weight excluding hydrogens is 508 g/mol. The summed E-state index contributed by atoms with van der Waals surface area (Å²) in [7, 11) is 0. The molecule has 0 radical (unpaired) electrons. The van der Waals surface area contributed by atoms with E-state index < -0.39 is 10.8 Å². The van der Waals surface area contributed by atoms with E-state index in [1.807, 2.05) is 32.0 Å². The summed E-state index contributed by atoms with van der Waals surface area (Å²) in [5.41, 5.74) is 2.90. The first-order valence-electron chi connectivity index (χ1n) is 12.0. The van der Waals surface area contributed by atoms with Crippen molar-refractivity contribution in [3.05, 3.63) is 110 Å². The van der Waals surface area contributed by atoms with Crippen molar-refractivity contribution in [2.75, 3.05) is 5.32 Å². The molecule has 4 rings (SSSR count). The molecule has 9 heteroatoms. The Bertz CT molecular complexity index is 1490. The van der Waals surface area contributed by atoms with Crippen LogP contribution in [0.15, 0.2) is 71.1 Å². The van der Waals surface area contributed by atoms with Crippen LogP contribution in [-0.4, -0.2) is 10.8 Å². The smallest absolute Gasteiger partial charge is 0.291 e. The molecule has 8 nitrogen and oxygen atoms in total. The number of non-ortho nitro benzene ring substituents is 1. The zero-order chi connectivity index (χ0) is 27.4. The minimum Gasteiger partial charge on any atom is -0.485 e. The van der Waals surface area contributed by atoms with Crippen LogP contribution in [0.3, 0.4) is 0 Å². The van der Waals surface area contributed by atoms with Gasteiger partial charge in [0.25, 0.3) is 11.6 Å². The molecule has 38 heavy (non-hydrogen) atoms. The zero-order valence-electron chi connectivity index (χ0n) is 21.4. The molecule has 1 amide bonds. The molecule has 0 saturated carbocycles. The second-order valence-electron chi connectivity index (χ2n) is 9.19. The van der Waals surface area contributed by atoms with Crippen molar-refractivity contribution in [3.63, 3.8) is 0 Å². The van der Waals surface area contributed by atoms with Crippen LogP contribution in [0, 0.1) is 24.0 Å². The highest BCUT2D eigenvalue weighted by molar-refractivity contribution is 6.31. The number of ether oxygens (including phenoxy) is 2. The van der Waals surface area contributed by atoms with E-state index in [9.17, 15) is 14.9 Å². The van der Waals surface area contributed by atoms with E-state index in [-0.39, 0.29) is 35.4 Å². The lowest BCUT2D eigenvalue weighted by atomic mass is 10.0. The topological polar surface area (TPSA) is 104 Å². The van der Waals surface area contributed by atoms with Crippen LogP contribution in [0.1, 0.15) is 52.8 Å². The van der Waals surface area contributed by atoms with Gasteiger partial charge in [0, 0.05) is 17.2 Å². The third-order valence-corrected chi connectivity index (χ3v) is 6.20. The number of furan rings is 1. The van der Waals surface area contributed by atoms with Crippen LogP contribution in [0.25, 0.3) is 0 Å². The SMILES string of the molecule is Cc1ccc(C(C)C)c(OCc2ccc(C(=O)Nc3cc(Oc4ccc(Cl)c(C)c4)cc([N+](=O)[O-])c3)o2)c1. The van der Waals surface area contributed by atoms with Crippen LogP contribution in [0.2, 0.25) is 5.02 Å². The Labute approximate surface area is 225 Å². The van der Waals surface area contributed by atoms with E-state index in [0.29, 0.717) is 16.5 Å². The number of hydrogen-bond acceptors (Lipinski definition) is 6. The second kappa shape index (κ2) is 11.4. The molecule has 0 aliphatic heterocycles. The molecule has 1 N–H and O–H groups in total. The number of carbonyl (C=O) groups excluding carboxylic acids is 1.